The zero-order chi connectivity index (χ0) is 20.5. The van der Waals surface area contributed by atoms with Gasteiger partial charge in [-0.15, -0.1) is 0 Å². The van der Waals surface area contributed by atoms with Crippen LogP contribution in [0.15, 0.2) is 11.8 Å². The molecule has 1 saturated heterocycles. The summed E-state index contributed by atoms with van der Waals surface area (Å²) in [5.41, 5.74) is 0. The van der Waals surface area contributed by atoms with E-state index < -0.39 is 77.8 Å². The van der Waals surface area contributed by atoms with Gasteiger partial charge in [0.05, 0.1) is 6.61 Å². The molecule has 8 atom stereocenters. The van der Waals surface area contributed by atoms with Crippen LogP contribution in [0.5, 0.6) is 0 Å². The van der Waals surface area contributed by atoms with Gasteiger partial charge in [-0.25, -0.2) is 4.79 Å². The minimum absolute atomic E-state index is 0.705. The van der Waals surface area contributed by atoms with Crippen LogP contribution in [0.3, 0.4) is 0 Å². The predicted octanol–water partition coefficient (Wildman–Crippen LogP) is -4.75. The minimum atomic E-state index is -4.89. The minimum Gasteiger partial charge on any atom is -0.475 e. The molecule has 0 spiro atoms. The average Bonchev–Trinajstić information content (AvgIpc) is 2.56. The Morgan fingerprint density at radius 3 is 2.37 bits per heavy atom. The highest BCUT2D eigenvalue weighted by atomic mass is 32.2. The molecule has 2 aliphatic rings. The number of carbonyl (C=O) groups is 1. The van der Waals surface area contributed by atoms with Gasteiger partial charge >= 0.3 is 16.3 Å². The lowest BCUT2D eigenvalue weighted by Crippen LogP contribution is -2.65. The van der Waals surface area contributed by atoms with E-state index in [0.717, 1.165) is 0 Å². The lowest BCUT2D eigenvalue weighted by molar-refractivity contribution is -0.306. The Labute approximate surface area is 152 Å². The topological polar surface area (TPSA) is 233 Å². The van der Waals surface area contributed by atoms with Crippen LogP contribution >= 0.6 is 0 Å². The van der Waals surface area contributed by atoms with Gasteiger partial charge < -0.3 is 44.8 Å². The number of aliphatic hydroxyl groups is 5. The Morgan fingerprint density at radius 1 is 1.22 bits per heavy atom. The standard InChI is InChI=1S/C12H19NO13S/c14-2-5-9(8(17)6(11(20)24-5)13-27(21,22)23)26-12-7(16)3(15)1-4(25-12)10(18)19/h1,3,5-9,11-17,20H,2H2,(H,18,19)(H,21,22,23)/t3-,5-,6-,7+,8-,9-,11?,12+/m1/s1. The molecule has 0 aromatic heterocycles. The lowest BCUT2D eigenvalue weighted by Gasteiger charge is -2.44. The van der Waals surface area contributed by atoms with Crippen molar-refractivity contribution in [1.29, 1.82) is 0 Å². The summed E-state index contributed by atoms with van der Waals surface area (Å²) in [7, 11) is -4.89. The van der Waals surface area contributed by atoms with Gasteiger partial charge in [0, 0.05) is 0 Å². The monoisotopic (exact) mass is 417 g/mol. The third kappa shape index (κ3) is 5.11. The van der Waals surface area contributed by atoms with E-state index in [1.54, 1.807) is 0 Å². The van der Waals surface area contributed by atoms with Crippen LogP contribution in [0, 0.1) is 0 Å². The molecule has 0 saturated carbocycles. The fourth-order valence-corrected chi connectivity index (χ4v) is 3.18. The van der Waals surface area contributed by atoms with E-state index >= 15 is 0 Å². The molecule has 2 aliphatic heterocycles. The number of nitrogens with one attached hydrogen (secondary N) is 1. The van der Waals surface area contributed by atoms with E-state index in [4.69, 9.17) is 23.9 Å². The molecule has 0 aromatic carbocycles. The Bertz CT molecular complexity index is 681. The van der Waals surface area contributed by atoms with Crippen molar-refractivity contribution in [2.75, 3.05) is 6.61 Å². The van der Waals surface area contributed by atoms with Crippen molar-refractivity contribution in [3.63, 3.8) is 0 Å². The number of aliphatic hydroxyl groups excluding tert-OH is 5. The Hall–Kier alpha value is -1.40. The first-order valence-corrected chi connectivity index (χ1v) is 8.89. The molecule has 0 amide bonds. The first kappa shape index (κ1) is 21.9. The Balaban J connectivity index is 2.23. The molecule has 2 heterocycles. The second kappa shape index (κ2) is 8.31. The number of rotatable bonds is 6. The quantitative estimate of drug-likeness (QED) is 0.190. The Kier molecular flexibility index (Phi) is 6.74. The average molecular weight is 417 g/mol. The normalized spacial score (nSPS) is 40.1. The van der Waals surface area contributed by atoms with Crippen LogP contribution in [-0.4, -0.2) is 105 Å². The van der Waals surface area contributed by atoms with Gasteiger partial charge in [0.15, 0.2) is 6.29 Å². The maximum absolute atomic E-state index is 11.0. The van der Waals surface area contributed by atoms with Crippen molar-refractivity contribution >= 4 is 16.3 Å². The first-order valence-electron chi connectivity index (χ1n) is 7.45. The second-order valence-corrected chi connectivity index (χ2v) is 6.95. The summed E-state index contributed by atoms with van der Waals surface area (Å²) in [5, 5.41) is 57.8. The van der Waals surface area contributed by atoms with Crippen LogP contribution < -0.4 is 4.72 Å². The van der Waals surface area contributed by atoms with Crippen LogP contribution in [-0.2, 0) is 29.3 Å². The molecule has 0 aliphatic carbocycles. The summed E-state index contributed by atoms with van der Waals surface area (Å²) in [6.45, 7) is -0.843. The Morgan fingerprint density at radius 2 is 1.85 bits per heavy atom. The van der Waals surface area contributed by atoms with Crippen molar-refractivity contribution in [3.8, 4) is 0 Å². The summed E-state index contributed by atoms with van der Waals surface area (Å²) < 4.78 is 47.2. The number of carboxylic acid groups (broad SMARTS) is 1. The number of hydrogen-bond donors (Lipinski definition) is 8. The van der Waals surface area contributed by atoms with Crippen molar-refractivity contribution in [1.82, 2.24) is 4.72 Å². The van der Waals surface area contributed by atoms with Gasteiger partial charge in [0.1, 0.15) is 36.6 Å². The van der Waals surface area contributed by atoms with Gasteiger partial charge in [0.25, 0.3) is 0 Å². The number of hydrogen-bond acceptors (Lipinski definition) is 11. The van der Waals surface area contributed by atoms with Gasteiger partial charge in [0.2, 0.25) is 12.0 Å². The molecule has 0 aromatic rings. The van der Waals surface area contributed by atoms with Crippen molar-refractivity contribution in [2.45, 2.75) is 49.1 Å². The van der Waals surface area contributed by atoms with Gasteiger partial charge in [-0.05, 0) is 6.08 Å². The highest BCUT2D eigenvalue weighted by molar-refractivity contribution is 7.83. The summed E-state index contributed by atoms with van der Waals surface area (Å²) in [5.74, 6) is -2.35. The van der Waals surface area contributed by atoms with Crippen molar-refractivity contribution in [3.05, 3.63) is 11.8 Å². The third-order valence-electron chi connectivity index (χ3n) is 3.85. The molecule has 8 N–H and O–H groups in total. The molecule has 156 valence electrons. The van der Waals surface area contributed by atoms with Gasteiger partial charge in [-0.2, -0.15) is 13.1 Å². The molecule has 1 unspecified atom stereocenters. The number of ether oxygens (including phenoxy) is 3. The van der Waals surface area contributed by atoms with Crippen molar-refractivity contribution in [2.24, 2.45) is 0 Å². The largest absolute Gasteiger partial charge is 0.475 e. The van der Waals surface area contributed by atoms with E-state index in [2.05, 4.69) is 0 Å². The number of carboxylic acids is 1. The maximum Gasteiger partial charge on any atom is 0.371 e. The molecule has 0 radical (unpaired) electrons. The third-order valence-corrected chi connectivity index (χ3v) is 4.42. The van der Waals surface area contributed by atoms with Crippen LogP contribution in [0.1, 0.15) is 0 Å². The molecule has 14 nitrogen and oxygen atoms in total. The lowest BCUT2D eigenvalue weighted by atomic mass is 9.97. The summed E-state index contributed by atoms with van der Waals surface area (Å²) in [4.78, 5) is 11.0. The zero-order valence-electron chi connectivity index (χ0n) is 13.4. The van der Waals surface area contributed by atoms with E-state index in [9.17, 15) is 38.7 Å². The summed E-state index contributed by atoms with van der Waals surface area (Å²) in [6, 6.07) is -1.84. The molecule has 1 fully saturated rings. The first-order chi connectivity index (χ1) is 12.4. The molecular weight excluding hydrogens is 398 g/mol. The molecule has 15 heteroatoms. The molecule has 2 rings (SSSR count). The molecule has 27 heavy (non-hydrogen) atoms. The molecule has 0 bridgehead atoms. The SMILES string of the molecule is O=C(O)C1=C[C@@H](O)[C@H](O)[C@H](O[C@H]2[C@H](O)[C@@H](NS(=O)(=O)O)C(O)O[C@@H]2CO)O1. The van der Waals surface area contributed by atoms with Crippen LogP contribution in [0.2, 0.25) is 0 Å². The molecular formula is C12H19NO13S. The summed E-state index contributed by atoms with van der Waals surface area (Å²) >= 11 is 0. The van der Waals surface area contributed by atoms with Gasteiger partial charge in [-0.1, -0.05) is 0 Å². The van der Waals surface area contributed by atoms with Crippen molar-refractivity contribution < 1.29 is 62.6 Å². The maximum atomic E-state index is 11.0. The number of aliphatic carboxylic acids is 1. The van der Waals surface area contributed by atoms with E-state index in [1.807, 2.05) is 0 Å². The van der Waals surface area contributed by atoms with E-state index in [0.29, 0.717) is 6.08 Å². The summed E-state index contributed by atoms with van der Waals surface area (Å²) in [6.07, 6.45) is -11.7. The van der Waals surface area contributed by atoms with E-state index in [-0.39, 0.29) is 0 Å². The van der Waals surface area contributed by atoms with Gasteiger partial charge in [-0.3, -0.25) is 4.55 Å². The zero-order valence-corrected chi connectivity index (χ0v) is 14.2. The highest BCUT2D eigenvalue weighted by Crippen LogP contribution is 2.28. The predicted molar refractivity (Wildman–Crippen MR) is 79.9 cm³/mol. The highest BCUT2D eigenvalue weighted by Gasteiger charge is 2.49. The van der Waals surface area contributed by atoms with Crippen LogP contribution in [0.4, 0.5) is 0 Å². The fourth-order valence-electron chi connectivity index (χ4n) is 2.58. The van der Waals surface area contributed by atoms with E-state index in [1.165, 1.54) is 4.72 Å². The fraction of sp³-hybridized carbons (Fsp3) is 0.750. The second-order valence-electron chi connectivity index (χ2n) is 5.76. The smallest absolute Gasteiger partial charge is 0.371 e. The van der Waals surface area contributed by atoms with Crippen LogP contribution in [0.25, 0.3) is 0 Å².